The standard InChI is InChI=1S/C53H36/c1-35-31-40-17-5-6-22-42(40)51(32-35)53-48-27-11-9-25-46(48)52(47-26-10-12-28-49(47)53)50-30-29-43(44-23-7-8-24-45(44)50)41-21-14-20-39(34-41)38-19-13-18-37(33-38)36-15-3-2-4-16-36/h2-34H,1H3. The fraction of sp³-hybridized carbons (Fsp3) is 0.0189. The third kappa shape index (κ3) is 5.31. The highest BCUT2D eigenvalue weighted by atomic mass is 14.2. The molecule has 0 nitrogen and oxygen atoms in total. The Balaban J connectivity index is 1.18. The van der Waals surface area contributed by atoms with E-state index in [1.54, 1.807) is 0 Å². The lowest BCUT2D eigenvalue weighted by Crippen LogP contribution is -1.93. The number of benzene rings is 10. The van der Waals surface area contributed by atoms with E-state index in [2.05, 4.69) is 207 Å². The first-order chi connectivity index (χ1) is 26.2. The van der Waals surface area contributed by atoms with Gasteiger partial charge in [0.25, 0.3) is 0 Å². The van der Waals surface area contributed by atoms with Crippen LogP contribution in [0.15, 0.2) is 200 Å². The lowest BCUT2D eigenvalue weighted by molar-refractivity contribution is 1.50. The SMILES string of the molecule is Cc1cc(-c2c3ccccc3c(-c3ccc(-c4cccc(-c5cccc(-c6ccccc6)c5)c4)c4ccccc34)c3ccccc23)c2ccccc2c1. The lowest BCUT2D eigenvalue weighted by Gasteiger charge is -2.20. The molecule has 0 amide bonds. The van der Waals surface area contributed by atoms with Gasteiger partial charge in [0, 0.05) is 0 Å². The van der Waals surface area contributed by atoms with E-state index in [9.17, 15) is 0 Å². The topological polar surface area (TPSA) is 0 Å². The van der Waals surface area contributed by atoms with Gasteiger partial charge in [-0.3, -0.25) is 0 Å². The average molecular weight is 673 g/mol. The first-order valence-corrected chi connectivity index (χ1v) is 18.4. The molecular formula is C53H36. The third-order valence-electron chi connectivity index (χ3n) is 10.9. The van der Waals surface area contributed by atoms with E-state index in [4.69, 9.17) is 0 Å². The number of aryl methyl sites for hydroxylation is 1. The summed E-state index contributed by atoms with van der Waals surface area (Å²) >= 11 is 0. The molecule has 0 aromatic heterocycles. The first kappa shape index (κ1) is 31.0. The van der Waals surface area contributed by atoms with E-state index < -0.39 is 0 Å². The minimum Gasteiger partial charge on any atom is -0.0622 e. The third-order valence-corrected chi connectivity index (χ3v) is 10.9. The Morgan fingerprint density at radius 1 is 0.245 bits per heavy atom. The monoisotopic (exact) mass is 672 g/mol. The fourth-order valence-electron chi connectivity index (χ4n) is 8.52. The molecule has 0 saturated heterocycles. The molecule has 248 valence electrons. The second-order valence-electron chi connectivity index (χ2n) is 14.1. The summed E-state index contributed by atoms with van der Waals surface area (Å²) in [4.78, 5) is 0. The van der Waals surface area contributed by atoms with Crippen molar-refractivity contribution in [2.75, 3.05) is 0 Å². The van der Waals surface area contributed by atoms with E-state index in [1.807, 2.05) is 0 Å². The zero-order valence-electron chi connectivity index (χ0n) is 29.6. The second kappa shape index (κ2) is 12.8. The van der Waals surface area contributed by atoms with Gasteiger partial charge in [0.05, 0.1) is 0 Å². The highest BCUT2D eigenvalue weighted by molar-refractivity contribution is 6.25. The van der Waals surface area contributed by atoms with Crippen LogP contribution in [0.5, 0.6) is 0 Å². The normalized spacial score (nSPS) is 11.5. The van der Waals surface area contributed by atoms with Crippen molar-refractivity contribution in [3.63, 3.8) is 0 Å². The van der Waals surface area contributed by atoms with Crippen LogP contribution in [0.4, 0.5) is 0 Å². The van der Waals surface area contributed by atoms with Gasteiger partial charge in [-0.15, -0.1) is 0 Å². The number of fused-ring (bicyclic) bond motifs is 4. The van der Waals surface area contributed by atoms with Gasteiger partial charge in [0.2, 0.25) is 0 Å². The molecule has 0 saturated carbocycles. The molecule has 0 heterocycles. The minimum atomic E-state index is 1.21. The molecule has 0 aliphatic carbocycles. The Hall–Kier alpha value is -6.76. The molecule has 0 fully saturated rings. The van der Waals surface area contributed by atoms with Crippen LogP contribution in [0, 0.1) is 6.92 Å². The van der Waals surface area contributed by atoms with E-state index >= 15 is 0 Å². The van der Waals surface area contributed by atoms with Crippen molar-refractivity contribution in [2.24, 2.45) is 0 Å². The average Bonchev–Trinajstić information content (AvgIpc) is 3.22. The molecule has 0 N–H and O–H groups in total. The molecule has 0 unspecified atom stereocenters. The van der Waals surface area contributed by atoms with E-state index in [0.29, 0.717) is 0 Å². The summed E-state index contributed by atoms with van der Waals surface area (Å²) < 4.78 is 0. The first-order valence-electron chi connectivity index (χ1n) is 18.4. The summed E-state index contributed by atoms with van der Waals surface area (Å²) in [7, 11) is 0. The van der Waals surface area contributed by atoms with E-state index in [1.165, 1.54) is 104 Å². The molecule has 10 rings (SSSR count). The van der Waals surface area contributed by atoms with Gasteiger partial charge in [-0.05, 0) is 123 Å². The maximum atomic E-state index is 2.37. The van der Waals surface area contributed by atoms with Crippen LogP contribution < -0.4 is 0 Å². The van der Waals surface area contributed by atoms with Crippen LogP contribution in [0.3, 0.4) is 0 Å². The van der Waals surface area contributed by atoms with Crippen LogP contribution in [-0.2, 0) is 0 Å². The van der Waals surface area contributed by atoms with Crippen molar-refractivity contribution in [3.8, 4) is 55.6 Å². The van der Waals surface area contributed by atoms with Crippen LogP contribution in [-0.4, -0.2) is 0 Å². The fourth-order valence-corrected chi connectivity index (χ4v) is 8.52. The van der Waals surface area contributed by atoms with Gasteiger partial charge >= 0.3 is 0 Å². The summed E-state index contributed by atoms with van der Waals surface area (Å²) in [5.74, 6) is 0. The Morgan fingerprint density at radius 3 is 1.28 bits per heavy atom. The van der Waals surface area contributed by atoms with Crippen LogP contribution >= 0.6 is 0 Å². The quantitative estimate of drug-likeness (QED) is 0.160. The van der Waals surface area contributed by atoms with Crippen molar-refractivity contribution in [1.82, 2.24) is 0 Å². The molecule has 0 radical (unpaired) electrons. The van der Waals surface area contributed by atoms with Gasteiger partial charge in [-0.2, -0.15) is 0 Å². The Labute approximate surface area is 310 Å². The Kier molecular flexibility index (Phi) is 7.48. The van der Waals surface area contributed by atoms with Gasteiger partial charge in [0.15, 0.2) is 0 Å². The summed E-state index contributed by atoms with van der Waals surface area (Å²) in [6, 6.07) is 73.6. The zero-order valence-corrected chi connectivity index (χ0v) is 29.6. The van der Waals surface area contributed by atoms with Crippen molar-refractivity contribution in [1.29, 1.82) is 0 Å². The molecule has 10 aromatic carbocycles. The molecule has 0 aliphatic rings. The molecular weight excluding hydrogens is 637 g/mol. The highest BCUT2D eigenvalue weighted by Gasteiger charge is 2.20. The maximum absolute atomic E-state index is 2.37. The molecule has 0 atom stereocenters. The number of rotatable bonds is 5. The van der Waals surface area contributed by atoms with Crippen molar-refractivity contribution >= 4 is 43.1 Å². The smallest absolute Gasteiger partial charge is 0.00200 e. The summed E-state index contributed by atoms with van der Waals surface area (Å²) in [5, 5.41) is 10.1. The molecule has 53 heavy (non-hydrogen) atoms. The van der Waals surface area contributed by atoms with Gasteiger partial charge < -0.3 is 0 Å². The van der Waals surface area contributed by atoms with E-state index in [0.717, 1.165) is 0 Å². The van der Waals surface area contributed by atoms with Crippen molar-refractivity contribution in [2.45, 2.75) is 6.92 Å². The molecule has 10 aromatic rings. The molecule has 0 bridgehead atoms. The summed E-state index contributed by atoms with van der Waals surface area (Å²) in [6.07, 6.45) is 0. The van der Waals surface area contributed by atoms with Crippen molar-refractivity contribution < 1.29 is 0 Å². The zero-order chi connectivity index (χ0) is 35.3. The summed E-state index contributed by atoms with van der Waals surface area (Å²) in [6.45, 7) is 2.21. The van der Waals surface area contributed by atoms with Crippen LogP contribution in [0.2, 0.25) is 0 Å². The van der Waals surface area contributed by atoms with Gasteiger partial charge in [-0.25, -0.2) is 0 Å². The second-order valence-corrected chi connectivity index (χ2v) is 14.1. The summed E-state index contributed by atoms with van der Waals surface area (Å²) in [5.41, 5.74) is 13.7. The van der Waals surface area contributed by atoms with Crippen LogP contribution in [0.1, 0.15) is 5.56 Å². The molecule has 0 aliphatic heterocycles. The minimum absolute atomic E-state index is 1.21. The number of hydrogen-bond donors (Lipinski definition) is 0. The Bertz CT molecular complexity index is 2950. The maximum Gasteiger partial charge on any atom is -0.00200 e. The predicted octanol–water partition coefficient (Wildman–Crippen LogP) is 14.9. The lowest BCUT2D eigenvalue weighted by atomic mass is 9.82. The largest absolute Gasteiger partial charge is 0.0622 e. The van der Waals surface area contributed by atoms with Crippen LogP contribution in [0.25, 0.3) is 98.7 Å². The predicted molar refractivity (Wildman–Crippen MR) is 228 cm³/mol. The van der Waals surface area contributed by atoms with Crippen molar-refractivity contribution in [3.05, 3.63) is 206 Å². The molecule has 0 spiro atoms. The highest BCUT2D eigenvalue weighted by Crippen LogP contribution is 2.47. The Morgan fingerprint density at radius 2 is 0.660 bits per heavy atom. The van der Waals surface area contributed by atoms with E-state index in [-0.39, 0.29) is 0 Å². The number of hydrogen-bond acceptors (Lipinski definition) is 0. The van der Waals surface area contributed by atoms with Gasteiger partial charge in [-0.1, -0.05) is 188 Å². The van der Waals surface area contributed by atoms with Gasteiger partial charge in [0.1, 0.15) is 0 Å². The molecule has 0 heteroatoms.